The van der Waals surface area contributed by atoms with Crippen LogP contribution in [0.25, 0.3) is 5.78 Å². The summed E-state index contributed by atoms with van der Waals surface area (Å²) in [5.74, 6) is 2.91. The third kappa shape index (κ3) is 3.62. The van der Waals surface area contributed by atoms with E-state index in [4.69, 9.17) is 9.47 Å². The first-order chi connectivity index (χ1) is 14.5. The number of hydrogen-bond acceptors (Lipinski definition) is 7. The van der Waals surface area contributed by atoms with Gasteiger partial charge in [-0.05, 0) is 18.1 Å². The molecule has 1 amide bonds. The number of piperazine rings is 1. The fourth-order valence-corrected chi connectivity index (χ4v) is 3.71. The summed E-state index contributed by atoms with van der Waals surface area (Å²) in [5.41, 5.74) is 1.65. The first-order valence-corrected chi connectivity index (χ1v) is 9.98. The molecule has 0 bridgehead atoms. The summed E-state index contributed by atoms with van der Waals surface area (Å²) in [6.45, 7) is 6.86. The summed E-state index contributed by atoms with van der Waals surface area (Å²) in [6, 6.07) is 7.35. The molecular weight excluding hydrogens is 384 g/mol. The number of rotatable bonds is 5. The maximum absolute atomic E-state index is 13.1. The molecule has 0 atom stereocenters. The van der Waals surface area contributed by atoms with Gasteiger partial charge in [0.05, 0.1) is 19.8 Å². The summed E-state index contributed by atoms with van der Waals surface area (Å²) in [6.07, 6.45) is 1.69. The Morgan fingerprint density at radius 2 is 1.83 bits per heavy atom. The van der Waals surface area contributed by atoms with E-state index in [1.807, 2.05) is 9.30 Å². The molecule has 1 aliphatic rings. The molecule has 0 saturated carbocycles. The molecule has 1 fully saturated rings. The number of carbonyl (C=O) groups excluding carboxylic acids is 1. The summed E-state index contributed by atoms with van der Waals surface area (Å²) in [4.78, 5) is 21.7. The van der Waals surface area contributed by atoms with Crippen LogP contribution in [0.5, 0.6) is 11.5 Å². The van der Waals surface area contributed by atoms with Crippen LogP contribution in [0, 0.1) is 0 Å². The lowest BCUT2D eigenvalue weighted by atomic mass is 10.1. The number of aromatic nitrogens is 4. The number of amides is 1. The largest absolute Gasteiger partial charge is 0.497 e. The van der Waals surface area contributed by atoms with Crippen molar-refractivity contribution in [3.63, 3.8) is 0 Å². The van der Waals surface area contributed by atoms with Crippen molar-refractivity contribution in [3.05, 3.63) is 41.9 Å². The van der Waals surface area contributed by atoms with Gasteiger partial charge in [-0.1, -0.05) is 13.8 Å². The average Bonchev–Trinajstić information content (AvgIpc) is 3.26. The molecule has 0 spiro atoms. The second kappa shape index (κ2) is 8.17. The Labute approximate surface area is 175 Å². The molecule has 158 valence electrons. The SMILES string of the molecule is COc1ccc(C(=O)N2CCN(c3cc(C(C)C)n4cnnc4n3)CC2)c(OC)c1. The third-order valence-corrected chi connectivity index (χ3v) is 5.42. The number of nitrogens with zero attached hydrogens (tertiary/aromatic N) is 6. The molecule has 9 nitrogen and oxygen atoms in total. The normalized spacial score (nSPS) is 14.4. The molecule has 30 heavy (non-hydrogen) atoms. The average molecular weight is 410 g/mol. The monoisotopic (exact) mass is 410 g/mol. The van der Waals surface area contributed by atoms with Crippen molar-refractivity contribution >= 4 is 17.5 Å². The van der Waals surface area contributed by atoms with E-state index in [1.165, 1.54) is 0 Å². The zero-order valence-corrected chi connectivity index (χ0v) is 17.7. The lowest BCUT2D eigenvalue weighted by Gasteiger charge is -2.35. The molecule has 3 aromatic rings. The van der Waals surface area contributed by atoms with Crippen molar-refractivity contribution in [3.8, 4) is 11.5 Å². The van der Waals surface area contributed by atoms with Crippen LogP contribution in [-0.4, -0.2) is 70.8 Å². The van der Waals surface area contributed by atoms with Crippen LogP contribution >= 0.6 is 0 Å². The highest BCUT2D eigenvalue weighted by Gasteiger charge is 2.26. The minimum atomic E-state index is -0.0436. The summed E-state index contributed by atoms with van der Waals surface area (Å²) in [7, 11) is 3.15. The maximum Gasteiger partial charge on any atom is 0.257 e. The Kier molecular flexibility index (Phi) is 5.43. The maximum atomic E-state index is 13.1. The second-order valence-electron chi connectivity index (χ2n) is 7.54. The Morgan fingerprint density at radius 3 is 2.50 bits per heavy atom. The molecule has 1 aromatic carbocycles. The van der Waals surface area contributed by atoms with Crippen molar-refractivity contribution in [1.82, 2.24) is 24.5 Å². The van der Waals surface area contributed by atoms with Crippen LogP contribution < -0.4 is 14.4 Å². The summed E-state index contributed by atoms with van der Waals surface area (Å²) in [5, 5.41) is 8.11. The number of ether oxygens (including phenoxy) is 2. The molecule has 0 radical (unpaired) electrons. The van der Waals surface area contributed by atoms with Crippen LogP contribution in [0.3, 0.4) is 0 Å². The number of fused-ring (bicyclic) bond motifs is 1. The highest BCUT2D eigenvalue weighted by molar-refractivity contribution is 5.97. The van der Waals surface area contributed by atoms with E-state index < -0.39 is 0 Å². The quantitative estimate of drug-likeness (QED) is 0.638. The Hall–Kier alpha value is -3.36. The predicted octanol–water partition coefficient (Wildman–Crippen LogP) is 2.23. The van der Waals surface area contributed by atoms with Crippen molar-refractivity contribution in [2.45, 2.75) is 19.8 Å². The molecule has 0 N–H and O–H groups in total. The molecule has 0 aliphatic carbocycles. The Bertz CT molecular complexity index is 1060. The van der Waals surface area contributed by atoms with Gasteiger partial charge in [-0.3, -0.25) is 9.20 Å². The number of methoxy groups -OCH3 is 2. The molecular formula is C21H26N6O3. The van der Waals surface area contributed by atoms with Crippen LogP contribution in [0.1, 0.15) is 35.8 Å². The number of hydrogen-bond donors (Lipinski definition) is 0. The van der Waals surface area contributed by atoms with Crippen molar-refractivity contribution in [2.24, 2.45) is 0 Å². The zero-order chi connectivity index (χ0) is 21.3. The Morgan fingerprint density at radius 1 is 1.07 bits per heavy atom. The highest BCUT2D eigenvalue weighted by atomic mass is 16.5. The van der Waals surface area contributed by atoms with Crippen LogP contribution in [0.15, 0.2) is 30.6 Å². The third-order valence-electron chi connectivity index (χ3n) is 5.42. The standard InChI is InChI=1S/C21H26N6O3/c1-14(2)17-12-19(23-21-24-22-13-27(17)21)25-7-9-26(10-8-25)20(28)16-6-5-15(29-3)11-18(16)30-4/h5-6,11-14H,7-10H2,1-4H3. The van der Waals surface area contributed by atoms with Gasteiger partial charge in [-0.25, -0.2) is 0 Å². The smallest absolute Gasteiger partial charge is 0.257 e. The van der Waals surface area contributed by atoms with Crippen LogP contribution in [0.4, 0.5) is 5.82 Å². The number of benzene rings is 1. The van der Waals surface area contributed by atoms with E-state index in [0.29, 0.717) is 54.9 Å². The predicted molar refractivity (Wildman–Crippen MR) is 113 cm³/mol. The fraction of sp³-hybridized carbons (Fsp3) is 0.429. The van der Waals surface area contributed by atoms with Gasteiger partial charge >= 0.3 is 0 Å². The van der Waals surface area contributed by atoms with Crippen molar-refractivity contribution < 1.29 is 14.3 Å². The van der Waals surface area contributed by atoms with E-state index in [9.17, 15) is 4.79 Å². The van der Waals surface area contributed by atoms with E-state index >= 15 is 0 Å². The van der Waals surface area contributed by atoms with Gasteiger partial charge in [-0.2, -0.15) is 4.98 Å². The first kappa shape index (κ1) is 19.9. The lowest BCUT2D eigenvalue weighted by molar-refractivity contribution is 0.0743. The minimum Gasteiger partial charge on any atom is -0.497 e. The van der Waals surface area contributed by atoms with Gasteiger partial charge in [0, 0.05) is 44.0 Å². The van der Waals surface area contributed by atoms with Crippen molar-refractivity contribution in [2.75, 3.05) is 45.3 Å². The van der Waals surface area contributed by atoms with Gasteiger partial charge < -0.3 is 19.3 Å². The van der Waals surface area contributed by atoms with Gasteiger partial charge in [0.15, 0.2) is 0 Å². The van der Waals surface area contributed by atoms with E-state index in [1.54, 1.807) is 38.7 Å². The van der Waals surface area contributed by atoms with E-state index in [-0.39, 0.29) is 5.91 Å². The molecule has 2 aromatic heterocycles. The minimum absolute atomic E-state index is 0.0436. The van der Waals surface area contributed by atoms with Gasteiger partial charge in [-0.15, -0.1) is 10.2 Å². The molecule has 9 heteroatoms. The topological polar surface area (TPSA) is 85.1 Å². The first-order valence-electron chi connectivity index (χ1n) is 9.98. The molecule has 4 rings (SSSR count). The van der Waals surface area contributed by atoms with Gasteiger partial charge in [0.25, 0.3) is 11.7 Å². The van der Waals surface area contributed by atoms with E-state index in [2.05, 4.69) is 40.0 Å². The molecule has 3 heterocycles. The second-order valence-corrected chi connectivity index (χ2v) is 7.54. The van der Waals surface area contributed by atoms with Crippen LogP contribution in [0.2, 0.25) is 0 Å². The summed E-state index contributed by atoms with van der Waals surface area (Å²) < 4.78 is 12.5. The van der Waals surface area contributed by atoms with Gasteiger partial charge in [0.2, 0.25) is 0 Å². The molecule has 0 unspecified atom stereocenters. The Balaban J connectivity index is 1.50. The highest BCUT2D eigenvalue weighted by Crippen LogP contribution is 2.27. The van der Waals surface area contributed by atoms with E-state index in [0.717, 1.165) is 11.5 Å². The number of carbonyl (C=O) groups is 1. The number of anilines is 1. The zero-order valence-electron chi connectivity index (χ0n) is 17.7. The summed E-state index contributed by atoms with van der Waals surface area (Å²) >= 11 is 0. The fourth-order valence-electron chi connectivity index (χ4n) is 3.71. The van der Waals surface area contributed by atoms with Gasteiger partial charge in [0.1, 0.15) is 23.6 Å². The lowest BCUT2D eigenvalue weighted by Crippen LogP contribution is -2.49. The molecule has 1 saturated heterocycles. The van der Waals surface area contributed by atoms with Crippen LogP contribution in [-0.2, 0) is 0 Å². The van der Waals surface area contributed by atoms with Crippen molar-refractivity contribution in [1.29, 1.82) is 0 Å². The molecule has 1 aliphatic heterocycles.